The molecule has 4 rings (SSSR count). The molecule has 2 N–H and O–H groups in total. The van der Waals surface area contributed by atoms with Crippen molar-refractivity contribution in [1.82, 2.24) is 9.78 Å². The number of anilines is 2. The molecule has 1 aliphatic rings. The van der Waals surface area contributed by atoms with Crippen LogP contribution in [0.25, 0.3) is 11.3 Å². The fourth-order valence-electron chi connectivity index (χ4n) is 3.37. The molecule has 0 saturated carbocycles. The van der Waals surface area contributed by atoms with E-state index in [-0.39, 0.29) is 12.3 Å². The molecule has 1 aromatic heterocycles. The summed E-state index contributed by atoms with van der Waals surface area (Å²) in [5, 5.41) is 11.2. The maximum atomic E-state index is 13.1. The molecular formula is C21H18Cl2N4O3. The van der Waals surface area contributed by atoms with Crippen molar-refractivity contribution < 1.29 is 14.3 Å². The van der Waals surface area contributed by atoms with E-state index < -0.39 is 11.9 Å². The molecule has 30 heavy (non-hydrogen) atoms. The lowest BCUT2D eigenvalue weighted by atomic mass is 10.1. The highest BCUT2D eigenvalue weighted by atomic mass is 35.5. The average molecular weight is 445 g/mol. The summed E-state index contributed by atoms with van der Waals surface area (Å²) in [6.45, 7) is 1.85. The molecule has 0 unspecified atom stereocenters. The van der Waals surface area contributed by atoms with E-state index in [1.54, 1.807) is 35.0 Å². The first kappa shape index (κ1) is 20.3. The van der Waals surface area contributed by atoms with Gasteiger partial charge in [0, 0.05) is 22.2 Å². The highest BCUT2D eigenvalue weighted by molar-refractivity contribution is 6.33. The highest BCUT2D eigenvalue weighted by Gasteiger charge is 2.34. The Morgan fingerprint density at radius 3 is 2.67 bits per heavy atom. The Morgan fingerprint density at radius 1 is 1.23 bits per heavy atom. The van der Waals surface area contributed by atoms with Crippen LogP contribution in [0.3, 0.4) is 0 Å². The smallest absolute Gasteiger partial charge is 0.249 e. The predicted octanol–water partition coefficient (Wildman–Crippen LogP) is 4.70. The van der Waals surface area contributed by atoms with Gasteiger partial charge in [-0.3, -0.25) is 9.59 Å². The summed E-state index contributed by atoms with van der Waals surface area (Å²) >= 11 is 12.2. The first-order valence-electron chi connectivity index (χ1n) is 9.16. The third kappa shape index (κ3) is 3.74. The van der Waals surface area contributed by atoms with Gasteiger partial charge in [0.2, 0.25) is 11.8 Å². The summed E-state index contributed by atoms with van der Waals surface area (Å²) in [4.78, 5) is 25.4. The highest BCUT2D eigenvalue weighted by Crippen LogP contribution is 2.35. The fraction of sp³-hybridized carbons (Fsp3) is 0.190. The van der Waals surface area contributed by atoms with Crippen LogP contribution in [0, 0.1) is 6.92 Å². The van der Waals surface area contributed by atoms with Crippen molar-refractivity contribution in [2.45, 2.75) is 19.4 Å². The average Bonchev–Trinajstić information content (AvgIpc) is 3.06. The second-order valence-corrected chi connectivity index (χ2v) is 7.72. The Kier molecular flexibility index (Phi) is 5.40. The van der Waals surface area contributed by atoms with Crippen LogP contribution in [-0.4, -0.2) is 28.7 Å². The number of ether oxygens (including phenoxy) is 1. The maximum absolute atomic E-state index is 13.1. The second-order valence-electron chi connectivity index (χ2n) is 6.88. The number of nitrogens with one attached hydrogen (secondary N) is 2. The van der Waals surface area contributed by atoms with Crippen molar-refractivity contribution in [1.29, 1.82) is 0 Å². The number of methoxy groups -OCH3 is 1. The third-order valence-corrected chi connectivity index (χ3v) is 5.51. The van der Waals surface area contributed by atoms with Crippen molar-refractivity contribution in [2.24, 2.45) is 0 Å². The number of carbonyl (C=O) groups is 2. The lowest BCUT2D eigenvalue weighted by Crippen LogP contribution is -2.36. The number of halogens is 2. The molecule has 0 saturated heterocycles. The minimum absolute atomic E-state index is 0.0401. The van der Waals surface area contributed by atoms with Gasteiger partial charge in [0.05, 0.1) is 29.9 Å². The molecule has 0 fully saturated rings. The number of fused-ring (bicyclic) bond motifs is 1. The summed E-state index contributed by atoms with van der Waals surface area (Å²) in [7, 11) is 1.53. The quantitative estimate of drug-likeness (QED) is 0.610. The van der Waals surface area contributed by atoms with Gasteiger partial charge >= 0.3 is 0 Å². The lowest BCUT2D eigenvalue weighted by Gasteiger charge is -2.24. The van der Waals surface area contributed by atoms with E-state index in [0.717, 1.165) is 11.1 Å². The van der Waals surface area contributed by atoms with Gasteiger partial charge < -0.3 is 15.4 Å². The fourth-order valence-corrected chi connectivity index (χ4v) is 3.66. The first-order valence-corrected chi connectivity index (χ1v) is 9.92. The summed E-state index contributed by atoms with van der Waals surface area (Å²) in [5.74, 6) is 0.390. The van der Waals surface area contributed by atoms with Gasteiger partial charge in [-0.15, -0.1) is 0 Å². The van der Waals surface area contributed by atoms with Crippen molar-refractivity contribution in [2.75, 3.05) is 17.7 Å². The van der Waals surface area contributed by atoms with E-state index in [2.05, 4.69) is 15.7 Å². The van der Waals surface area contributed by atoms with Crippen molar-refractivity contribution in [3.05, 3.63) is 58.1 Å². The minimum Gasteiger partial charge on any atom is -0.497 e. The van der Waals surface area contributed by atoms with Crippen LogP contribution >= 0.6 is 23.2 Å². The molecule has 1 aliphatic heterocycles. The molecule has 0 bridgehead atoms. The molecule has 3 aromatic rings. The minimum atomic E-state index is -0.823. The van der Waals surface area contributed by atoms with Gasteiger partial charge in [0.15, 0.2) is 0 Å². The summed E-state index contributed by atoms with van der Waals surface area (Å²) < 4.78 is 6.73. The number of hydrogen-bond donors (Lipinski definition) is 2. The molecule has 0 spiro atoms. The van der Waals surface area contributed by atoms with Crippen LogP contribution in [0.1, 0.15) is 18.0 Å². The molecule has 0 aliphatic carbocycles. The van der Waals surface area contributed by atoms with Crippen LogP contribution in [-0.2, 0) is 9.59 Å². The van der Waals surface area contributed by atoms with Crippen LogP contribution in [0.4, 0.5) is 11.5 Å². The molecule has 9 heteroatoms. The zero-order valence-electron chi connectivity index (χ0n) is 16.2. The van der Waals surface area contributed by atoms with Gasteiger partial charge in [-0.25, -0.2) is 4.68 Å². The first-order chi connectivity index (χ1) is 14.4. The van der Waals surface area contributed by atoms with E-state index in [1.165, 1.54) is 7.11 Å². The normalized spacial score (nSPS) is 15.3. The molecule has 2 heterocycles. The molecular weight excluding hydrogens is 427 g/mol. The Balaban J connectivity index is 1.69. The van der Waals surface area contributed by atoms with E-state index in [9.17, 15) is 9.59 Å². The monoisotopic (exact) mass is 444 g/mol. The molecule has 154 valence electrons. The van der Waals surface area contributed by atoms with E-state index in [4.69, 9.17) is 27.9 Å². The van der Waals surface area contributed by atoms with Crippen LogP contribution < -0.4 is 15.4 Å². The van der Waals surface area contributed by atoms with E-state index in [0.29, 0.717) is 33.0 Å². The predicted molar refractivity (Wildman–Crippen MR) is 116 cm³/mol. The molecule has 1 atom stereocenters. The number of rotatable bonds is 4. The lowest BCUT2D eigenvalue weighted by molar-refractivity contribution is -0.125. The van der Waals surface area contributed by atoms with Gasteiger partial charge in [0.1, 0.15) is 17.6 Å². The Morgan fingerprint density at radius 2 is 1.97 bits per heavy atom. The van der Waals surface area contributed by atoms with Gasteiger partial charge in [-0.05, 0) is 31.2 Å². The van der Waals surface area contributed by atoms with E-state index >= 15 is 0 Å². The van der Waals surface area contributed by atoms with Crippen LogP contribution in [0.5, 0.6) is 5.75 Å². The zero-order chi connectivity index (χ0) is 21.4. The van der Waals surface area contributed by atoms with Crippen LogP contribution in [0.2, 0.25) is 10.0 Å². The summed E-state index contributed by atoms with van der Waals surface area (Å²) in [6, 6.07) is 11.3. The largest absolute Gasteiger partial charge is 0.497 e. The Labute approximate surface area is 182 Å². The number of benzene rings is 2. The van der Waals surface area contributed by atoms with Crippen LogP contribution in [0.15, 0.2) is 42.5 Å². The number of aromatic nitrogens is 2. The zero-order valence-corrected chi connectivity index (χ0v) is 17.7. The SMILES string of the molecule is COc1ccc(Cl)c(NC(=O)[C@@H]2CC(=O)Nc3c(C)c(-c4ccc(Cl)cc4)nn32)c1. The number of hydrogen-bond acceptors (Lipinski definition) is 4. The molecule has 2 aromatic carbocycles. The maximum Gasteiger partial charge on any atom is 0.249 e. The van der Waals surface area contributed by atoms with Crippen molar-refractivity contribution in [3.63, 3.8) is 0 Å². The topological polar surface area (TPSA) is 85.2 Å². The molecule has 0 radical (unpaired) electrons. The van der Waals surface area contributed by atoms with E-state index in [1.807, 2.05) is 19.1 Å². The number of carbonyl (C=O) groups excluding carboxylic acids is 2. The number of nitrogens with zero attached hydrogens (tertiary/aromatic N) is 2. The van der Waals surface area contributed by atoms with Crippen molar-refractivity contribution >= 4 is 46.5 Å². The summed E-state index contributed by atoms with van der Waals surface area (Å²) in [6.07, 6.45) is -0.0401. The van der Waals surface area contributed by atoms with Gasteiger partial charge in [0.25, 0.3) is 0 Å². The third-order valence-electron chi connectivity index (χ3n) is 4.93. The van der Waals surface area contributed by atoms with Gasteiger partial charge in [-0.2, -0.15) is 5.10 Å². The standard InChI is InChI=1S/C21H18Cl2N4O3/c1-11-19(12-3-5-13(22)6-4-12)26-27-17(10-18(28)25-20(11)27)21(29)24-16-9-14(30-2)7-8-15(16)23/h3-9,17H,10H2,1-2H3,(H,24,29)(H,25,28)/t17-/m0/s1. The van der Waals surface area contributed by atoms with Crippen molar-refractivity contribution in [3.8, 4) is 17.0 Å². The molecule has 2 amide bonds. The molecule has 7 nitrogen and oxygen atoms in total. The second kappa shape index (κ2) is 8.01. The Bertz CT molecular complexity index is 1140. The van der Waals surface area contributed by atoms with Gasteiger partial charge in [-0.1, -0.05) is 35.3 Å². The Hall–Kier alpha value is -3.03. The number of amides is 2. The summed E-state index contributed by atoms with van der Waals surface area (Å²) in [5.41, 5.74) is 2.67.